The molecular formula is C5H16S4. The Morgan fingerprint density at radius 1 is 1.00 bits per heavy atom. The molecule has 0 radical (unpaired) electrons. The third-order valence-corrected chi connectivity index (χ3v) is 4.09. The van der Waals surface area contributed by atoms with Gasteiger partial charge in [0.25, 0.3) is 0 Å². The molecular weight excluding hydrogens is 188 g/mol. The first-order valence-electron chi connectivity index (χ1n) is 2.93. The molecule has 0 aromatic carbocycles. The van der Waals surface area contributed by atoms with Gasteiger partial charge in [-0.1, -0.05) is 0 Å². The van der Waals surface area contributed by atoms with Gasteiger partial charge in [-0.05, 0) is 30.4 Å². The smallest absolute Gasteiger partial charge is 0.0165 e. The summed E-state index contributed by atoms with van der Waals surface area (Å²) in [5.41, 5.74) is 0. The van der Waals surface area contributed by atoms with Crippen LogP contribution in [0, 0.1) is 0 Å². The molecule has 0 saturated carbocycles. The van der Waals surface area contributed by atoms with Crippen molar-refractivity contribution in [3.05, 3.63) is 0 Å². The van der Waals surface area contributed by atoms with Crippen LogP contribution in [0.25, 0.3) is 0 Å². The minimum absolute atomic E-state index is 0.0397. The second kappa shape index (κ2) is 6.13. The summed E-state index contributed by atoms with van der Waals surface area (Å²) in [4.78, 5) is 0. The third-order valence-electron chi connectivity index (χ3n) is 0.963. The highest BCUT2D eigenvalue weighted by atomic mass is 33.1. The van der Waals surface area contributed by atoms with Crippen LogP contribution in [0.2, 0.25) is 0 Å². The van der Waals surface area contributed by atoms with Crippen LogP contribution in [-0.4, -0.2) is 24.0 Å². The van der Waals surface area contributed by atoms with E-state index in [2.05, 4.69) is 35.8 Å². The van der Waals surface area contributed by atoms with Crippen LogP contribution < -0.4 is 0 Å². The summed E-state index contributed by atoms with van der Waals surface area (Å²) in [6, 6.07) is 0. The topological polar surface area (TPSA) is 0 Å². The summed E-state index contributed by atoms with van der Waals surface area (Å²) < 4.78 is 0. The van der Waals surface area contributed by atoms with Crippen molar-refractivity contribution in [2.45, 2.75) is 6.42 Å². The largest absolute Gasteiger partial charge is 0.211 e. The Morgan fingerprint density at radius 2 is 1.33 bits per heavy atom. The SMILES string of the molecule is C[SH](S)CCC[SH](C)S. The highest BCUT2D eigenvalue weighted by molar-refractivity contribution is 8.78. The second-order valence-corrected chi connectivity index (χ2v) is 9.74. The molecule has 0 amide bonds. The lowest BCUT2D eigenvalue weighted by molar-refractivity contribution is 1.13. The Morgan fingerprint density at radius 3 is 1.56 bits per heavy atom. The van der Waals surface area contributed by atoms with Gasteiger partial charge >= 0.3 is 0 Å². The monoisotopic (exact) mass is 204 g/mol. The molecule has 0 nitrogen and oxygen atoms in total. The van der Waals surface area contributed by atoms with Gasteiger partial charge in [0.05, 0.1) is 0 Å². The molecule has 0 heterocycles. The minimum atomic E-state index is 0.0397. The number of hydrogen-bond donors (Lipinski definition) is 4. The first-order valence-corrected chi connectivity index (χ1v) is 9.18. The second-order valence-electron chi connectivity index (χ2n) is 2.12. The Kier molecular flexibility index (Phi) is 7.09. The standard InChI is InChI=1S/C5H16S4/c1-8(6)4-3-5-9(2)7/h6-9H,3-5H2,1-2H3. The molecule has 0 aliphatic rings. The zero-order chi connectivity index (χ0) is 7.28. The average molecular weight is 204 g/mol. The normalized spacial score (nSPS) is 21.3. The van der Waals surface area contributed by atoms with E-state index in [1.807, 2.05) is 0 Å². The molecule has 9 heavy (non-hydrogen) atoms. The Bertz CT molecular complexity index is 54.0. The predicted octanol–water partition coefficient (Wildman–Crippen LogP) is 2.33. The number of thiol groups is 4. The molecule has 0 aromatic rings. The maximum atomic E-state index is 4.35. The van der Waals surface area contributed by atoms with Crippen molar-refractivity contribution >= 4 is 43.2 Å². The van der Waals surface area contributed by atoms with E-state index in [0.29, 0.717) is 0 Å². The van der Waals surface area contributed by atoms with E-state index >= 15 is 0 Å². The van der Waals surface area contributed by atoms with Gasteiger partial charge in [-0.15, -0.1) is 23.3 Å². The van der Waals surface area contributed by atoms with Crippen LogP contribution in [0.3, 0.4) is 0 Å². The minimum Gasteiger partial charge on any atom is -0.211 e. The molecule has 60 valence electrons. The molecule has 0 aliphatic carbocycles. The van der Waals surface area contributed by atoms with Crippen LogP contribution in [0.4, 0.5) is 0 Å². The van der Waals surface area contributed by atoms with Crippen molar-refractivity contribution in [2.75, 3.05) is 24.0 Å². The zero-order valence-electron chi connectivity index (χ0n) is 5.91. The predicted molar refractivity (Wildman–Crippen MR) is 62.1 cm³/mol. The highest BCUT2D eigenvalue weighted by Gasteiger charge is 1.91. The molecule has 4 heteroatoms. The average Bonchev–Trinajstić information content (AvgIpc) is 1.63. The van der Waals surface area contributed by atoms with E-state index in [9.17, 15) is 0 Å². The van der Waals surface area contributed by atoms with Crippen LogP contribution in [0.1, 0.15) is 6.42 Å². The maximum absolute atomic E-state index is 4.35. The molecule has 2 unspecified atom stereocenters. The van der Waals surface area contributed by atoms with Crippen molar-refractivity contribution in [1.82, 2.24) is 0 Å². The summed E-state index contributed by atoms with van der Waals surface area (Å²) >= 11 is 8.70. The summed E-state index contributed by atoms with van der Waals surface area (Å²) in [6.07, 6.45) is 5.72. The molecule has 0 rings (SSSR count). The van der Waals surface area contributed by atoms with Crippen molar-refractivity contribution < 1.29 is 0 Å². The van der Waals surface area contributed by atoms with Crippen LogP contribution in [0.15, 0.2) is 0 Å². The molecule has 0 aliphatic heterocycles. The number of hydrogen-bond acceptors (Lipinski definition) is 2. The Hall–Kier alpha value is 1.40. The summed E-state index contributed by atoms with van der Waals surface area (Å²) in [6.45, 7) is 0. The molecule has 0 saturated heterocycles. The van der Waals surface area contributed by atoms with Gasteiger partial charge in [-0.2, -0.15) is 0 Å². The van der Waals surface area contributed by atoms with Crippen LogP contribution in [0.5, 0.6) is 0 Å². The maximum Gasteiger partial charge on any atom is -0.0165 e. The summed E-state index contributed by atoms with van der Waals surface area (Å²) in [5, 5.41) is 0. The lowest BCUT2D eigenvalue weighted by Gasteiger charge is -2.10. The summed E-state index contributed by atoms with van der Waals surface area (Å²) in [5.74, 6) is 2.59. The van der Waals surface area contributed by atoms with E-state index in [1.54, 1.807) is 0 Å². The zero-order valence-corrected chi connectivity index (χ0v) is 9.49. The van der Waals surface area contributed by atoms with E-state index in [-0.39, 0.29) is 19.9 Å². The van der Waals surface area contributed by atoms with Crippen LogP contribution in [-0.2, 0) is 0 Å². The molecule has 0 aromatic heterocycles. The van der Waals surface area contributed by atoms with Gasteiger partial charge in [0, 0.05) is 0 Å². The van der Waals surface area contributed by atoms with Gasteiger partial charge in [-0.25, -0.2) is 19.9 Å². The fraction of sp³-hybridized carbons (Fsp3) is 1.00. The first kappa shape index (κ1) is 10.4. The fourth-order valence-corrected chi connectivity index (χ4v) is 2.86. The van der Waals surface area contributed by atoms with Gasteiger partial charge in [-0.3, -0.25) is 0 Å². The van der Waals surface area contributed by atoms with Gasteiger partial charge < -0.3 is 0 Å². The molecule has 0 spiro atoms. The molecule has 0 N–H and O–H groups in total. The lowest BCUT2D eigenvalue weighted by Crippen LogP contribution is -1.86. The number of rotatable bonds is 4. The van der Waals surface area contributed by atoms with E-state index < -0.39 is 0 Å². The Labute approximate surface area is 73.5 Å². The van der Waals surface area contributed by atoms with E-state index in [1.165, 1.54) is 17.9 Å². The molecule has 0 bridgehead atoms. The lowest BCUT2D eigenvalue weighted by atomic mass is 10.6. The molecule has 2 atom stereocenters. The third kappa shape index (κ3) is 9.40. The van der Waals surface area contributed by atoms with Crippen molar-refractivity contribution in [1.29, 1.82) is 0 Å². The van der Waals surface area contributed by atoms with Crippen molar-refractivity contribution in [3.8, 4) is 0 Å². The first-order chi connectivity index (χ1) is 4.13. The van der Waals surface area contributed by atoms with Gasteiger partial charge in [0.2, 0.25) is 0 Å². The van der Waals surface area contributed by atoms with E-state index in [0.717, 1.165) is 0 Å². The van der Waals surface area contributed by atoms with Gasteiger partial charge in [0.15, 0.2) is 0 Å². The van der Waals surface area contributed by atoms with Gasteiger partial charge in [0.1, 0.15) is 0 Å². The van der Waals surface area contributed by atoms with Crippen LogP contribution >= 0.6 is 43.2 Å². The quantitative estimate of drug-likeness (QED) is 0.392. The fourth-order valence-electron chi connectivity index (χ4n) is 0.528. The summed E-state index contributed by atoms with van der Waals surface area (Å²) in [7, 11) is 0.0795. The molecule has 0 fully saturated rings. The Balaban J connectivity index is 2.91. The van der Waals surface area contributed by atoms with Crippen molar-refractivity contribution in [2.24, 2.45) is 0 Å². The van der Waals surface area contributed by atoms with E-state index in [4.69, 9.17) is 0 Å². The highest BCUT2D eigenvalue weighted by Crippen LogP contribution is 2.30. The van der Waals surface area contributed by atoms with Crippen molar-refractivity contribution in [3.63, 3.8) is 0 Å².